The minimum absolute atomic E-state index is 0.875. The van der Waals surface area contributed by atoms with Gasteiger partial charge in [0.2, 0.25) is 0 Å². The fourth-order valence-electron chi connectivity index (χ4n) is 3.33. The van der Waals surface area contributed by atoms with Crippen molar-refractivity contribution in [2.24, 2.45) is 7.05 Å². The summed E-state index contributed by atoms with van der Waals surface area (Å²) in [6.45, 7) is 2.92. The van der Waals surface area contributed by atoms with Crippen LogP contribution in [0.4, 0.5) is 5.82 Å². The third-order valence-electron chi connectivity index (χ3n) is 4.81. The Kier molecular flexibility index (Phi) is 4.62. The number of hydrogen-bond acceptors (Lipinski definition) is 4. The second-order valence-corrected chi connectivity index (χ2v) is 6.90. The number of nitrogens with zero attached hydrogens (tertiary/aromatic N) is 6. The maximum absolute atomic E-state index is 4.80. The number of fused-ring (bicyclic) bond motifs is 1. The molecule has 138 valence electrons. The topological polar surface area (TPSA) is 51.2 Å². The summed E-state index contributed by atoms with van der Waals surface area (Å²) in [5.74, 6) is 2.16. The molecule has 0 saturated carbocycles. The Hall–Kier alpha value is -3.15. The second kappa shape index (κ2) is 7.23. The number of rotatable bonds is 6. The minimum Gasteiger partial charge on any atom is -0.359 e. The highest BCUT2D eigenvalue weighted by Gasteiger charge is 2.13. The third kappa shape index (κ3) is 3.56. The molecule has 27 heavy (non-hydrogen) atoms. The normalized spacial score (nSPS) is 11.2. The average molecular weight is 360 g/mol. The van der Waals surface area contributed by atoms with Gasteiger partial charge in [0.1, 0.15) is 11.6 Å². The Labute approximate surface area is 159 Å². The summed E-state index contributed by atoms with van der Waals surface area (Å²) in [5, 5.41) is 4.64. The van der Waals surface area contributed by atoms with Gasteiger partial charge in [-0.1, -0.05) is 30.3 Å². The Morgan fingerprint density at radius 3 is 2.67 bits per heavy atom. The summed E-state index contributed by atoms with van der Waals surface area (Å²) < 4.78 is 4.01. The highest BCUT2D eigenvalue weighted by Crippen LogP contribution is 2.24. The van der Waals surface area contributed by atoms with Crippen LogP contribution in [0.5, 0.6) is 0 Å². The fourth-order valence-corrected chi connectivity index (χ4v) is 3.33. The summed E-state index contributed by atoms with van der Waals surface area (Å²) in [5.41, 5.74) is 3.92. The van der Waals surface area contributed by atoms with Gasteiger partial charge in [0, 0.05) is 57.2 Å². The second-order valence-electron chi connectivity index (χ2n) is 6.90. The monoisotopic (exact) mass is 360 g/mol. The van der Waals surface area contributed by atoms with Crippen LogP contribution in [0.25, 0.3) is 16.9 Å². The summed E-state index contributed by atoms with van der Waals surface area (Å²) in [6.07, 6.45) is 5.81. The molecule has 4 aromatic rings. The van der Waals surface area contributed by atoms with Crippen molar-refractivity contribution < 1.29 is 0 Å². The molecule has 0 atom stereocenters. The van der Waals surface area contributed by atoms with Gasteiger partial charge in [-0.15, -0.1) is 0 Å². The van der Waals surface area contributed by atoms with E-state index >= 15 is 0 Å². The molecular weight excluding hydrogens is 336 g/mol. The minimum atomic E-state index is 0.875. The first-order valence-electron chi connectivity index (χ1n) is 9.22. The van der Waals surface area contributed by atoms with Crippen LogP contribution in [0.1, 0.15) is 17.9 Å². The van der Waals surface area contributed by atoms with Crippen molar-refractivity contribution in [3.8, 4) is 11.3 Å². The van der Waals surface area contributed by atoms with Gasteiger partial charge in [0.05, 0.1) is 11.4 Å². The molecule has 1 aromatic carbocycles. The van der Waals surface area contributed by atoms with Crippen LogP contribution in [0.2, 0.25) is 0 Å². The number of aryl methyl sites for hydroxylation is 3. The maximum atomic E-state index is 4.80. The largest absolute Gasteiger partial charge is 0.359 e. The lowest BCUT2D eigenvalue weighted by atomic mass is 10.1. The first-order chi connectivity index (χ1) is 13.1. The lowest BCUT2D eigenvalue weighted by Gasteiger charge is -2.20. The average Bonchev–Trinajstić information content (AvgIpc) is 3.26. The molecule has 0 N–H and O–H groups in total. The van der Waals surface area contributed by atoms with Crippen molar-refractivity contribution in [1.82, 2.24) is 24.1 Å². The van der Waals surface area contributed by atoms with E-state index in [0.29, 0.717) is 0 Å². The molecule has 0 spiro atoms. The maximum Gasteiger partial charge on any atom is 0.158 e. The Balaban J connectivity index is 1.62. The summed E-state index contributed by atoms with van der Waals surface area (Å²) >= 11 is 0. The van der Waals surface area contributed by atoms with Gasteiger partial charge in [-0.05, 0) is 13.3 Å². The lowest BCUT2D eigenvalue weighted by molar-refractivity contribution is 0.704. The van der Waals surface area contributed by atoms with Gasteiger partial charge in [-0.3, -0.25) is 0 Å². The van der Waals surface area contributed by atoms with E-state index in [1.165, 1.54) is 0 Å². The van der Waals surface area contributed by atoms with Crippen LogP contribution in [0.15, 0.2) is 54.9 Å². The van der Waals surface area contributed by atoms with E-state index in [4.69, 9.17) is 4.98 Å². The first-order valence-corrected chi connectivity index (χ1v) is 9.22. The molecule has 0 aliphatic heterocycles. The molecule has 0 bridgehead atoms. The van der Waals surface area contributed by atoms with Gasteiger partial charge in [0.25, 0.3) is 0 Å². The van der Waals surface area contributed by atoms with E-state index < -0.39 is 0 Å². The van der Waals surface area contributed by atoms with E-state index in [1.807, 2.05) is 55.1 Å². The zero-order chi connectivity index (χ0) is 18.8. The van der Waals surface area contributed by atoms with Crippen molar-refractivity contribution >= 4 is 11.5 Å². The molecule has 0 amide bonds. The van der Waals surface area contributed by atoms with Crippen LogP contribution in [-0.4, -0.2) is 37.7 Å². The van der Waals surface area contributed by atoms with E-state index in [-0.39, 0.29) is 0 Å². The lowest BCUT2D eigenvalue weighted by Crippen LogP contribution is -2.22. The number of aromatic nitrogens is 5. The van der Waals surface area contributed by atoms with E-state index in [9.17, 15) is 0 Å². The molecule has 0 aliphatic rings. The number of benzene rings is 1. The SMILES string of the molecule is Cc1cc2nc(-c3ccccc3)cc(N(C)CCCc3nccn3C)n2n1. The van der Waals surface area contributed by atoms with Crippen molar-refractivity contribution in [3.05, 3.63) is 66.4 Å². The van der Waals surface area contributed by atoms with Crippen LogP contribution in [-0.2, 0) is 13.5 Å². The highest BCUT2D eigenvalue weighted by molar-refractivity contribution is 5.67. The summed E-state index contributed by atoms with van der Waals surface area (Å²) in [7, 11) is 4.15. The van der Waals surface area contributed by atoms with Gasteiger partial charge in [0.15, 0.2) is 5.65 Å². The fraction of sp³-hybridized carbons (Fsp3) is 0.286. The van der Waals surface area contributed by atoms with Gasteiger partial charge in [-0.25, -0.2) is 9.97 Å². The van der Waals surface area contributed by atoms with Gasteiger partial charge >= 0.3 is 0 Å². The summed E-state index contributed by atoms with van der Waals surface area (Å²) in [4.78, 5) is 11.5. The van der Waals surface area contributed by atoms with Gasteiger partial charge in [-0.2, -0.15) is 9.61 Å². The smallest absolute Gasteiger partial charge is 0.158 e. The highest BCUT2D eigenvalue weighted by atomic mass is 15.3. The number of hydrogen-bond donors (Lipinski definition) is 0. The standard InChI is InChI=1S/C21H24N6/c1-16-14-20-23-18(17-8-5-4-6-9-17)15-21(27(20)24-16)26(3)12-7-10-19-22-11-13-25(19)2/h4-6,8-9,11,13-15H,7,10,12H2,1-3H3. The Morgan fingerprint density at radius 2 is 1.93 bits per heavy atom. The molecule has 6 heteroatoms. The van der Waals surface area contributed by atoms with Crippen molar-refractivity contribution in [2.75, 3.05) is 18.5 Å². The van der Waals surface area contributed by atoms with Crippen LogP contribution in [0.3, 0.4) is 0 Å². The van der Waals surface area contributed by atoms with Crippen molar-refractivity contribution in [3.63, 3.8) is 0 Å². The van der Waals surface area contributed by atoms with E-state index in [2.05, 4.69) is 44.8 Å². The van der Waals surface area contributed by atoms with E-state index in [0.717, 1.165) is 53.6 Å². The van der Waals surface area contributed by atoms with Crippen LogP contribution < -0.4 is 4.90 Å². The quantitative estimate of drug-likeness (QED) is 0.528. The van der Waals surface area contributed by atoms with Crippen molar-refractivity contribution in [1.29, 1.82) is 0 Å². The number of imidazole rings is 1. The van der Waals surface area contributed by atoms with Crippen molar-refractivity contribution in [2.45, 2.75) is 19.8 Å². The first kappa shape index (κ1) is 17.3. The van der Waals surface area contributed by atoms with Crippen LogP contribution in [0, 0.1) is 6.92 Å². The summed E-state index contributed by atoms with van der Waals surface area (Å²) in [6, 6.07) is 14.4. The molecule has 0 fully saturated rings. The zero-order valence-electron chi connectivity index (χ0n) is 16.0. The van der Waals surface area contributed by atoms with E-state index in [1.54, 1.807) is 0 Å². The molecule has 6 nitrogen and oxygen atoms in total. The molecule has 0 saturated heterocycles. The third-order valence-corrected chi connectivity index (χ3v) is 4.81. The molecular formula is C21H24N6. The molecule has 4 rings (SSSR count). The van der Waals surface area contributed by atoms with Crippen LogP contribution >= 0.6 is 0 Å². The Bertz CT molecular complexity index is 1050. The molecule has 3 aromatic heterocycles. The molecule has 0 unspecified atom stereocenters. The predicted octanol–water partition coefficient (Wildman–Crippen LogP) is 3.51. The predicted molar refractivity (Wildman–Crippen MR) is 108 cm³/mol. The molecule has 3 heterocycles. The molecule has 0 aliphatic carbocycles. The number of anilines is 1. The zero-order valence-corrected chi connectivity index (χ0v) is 16.0. The van der Waals surface area contributed by atoms with Gasteiger partial charge < -0.3 is 9.47 Å². The Morgan fingerprint density at radius 1 is 1.11 bits per heavy atom. The molecule has 0 radical (unpaired) electrons.